The van der Waals surface area contributed by atoms with Crippen LogP contribution in [0.5, 0.6) is 0 Å². The highest BCUT2D eigenvalue weighted by Gasteiger charge is 2.40. The van der Waals surface area contributed by atoms with Crippen molar-refractivity contribution < 1.29 is 28.7 Å². The van der Waals surface area contributed by atoms with E-state index < -0.39 is 17.6 Å². The smallest absolute Gasteiger partial charge is 0.410 e. The summed E-state index contributed by atoms with van der Waals surface area (Å²) in [6.45, 7) is 6.38. The van der Waals surface area contributed by atoms with E-state index in [4.69, 9.17) is 10.3 Å². The minimum absolute atomic E-state index is 0.0123. The van der Waals surface area contributed by atoms with Crippen molar-refractivity contribution in [2.45, 2.75) is 128 Å². The number of ether oxygens (including phenoxy) is 1. The van der Waals surface area contributed by atoms with Crippen molar-refractivity contribution in [1.82, 2.24) is 15.1 Å². The number of carbonyl (C=O) groups is 5. The molecule has 2 aliphatic heterocycles. The van der Waals surface area contributed by atoms with Crippen LogP contribution in [0.15, 0.2) is 23.3 Å². The minimum atomic E-state index is -0.707. The van der Waals surface area contributed by atoms with Crippen LogP contribution in [0.1, 0.15) is 114 Å². The second kappa shape index (κ2) is 15.2. The first-order valence-corrected chi connectivity index (χ1v) is 16.1. The molecule has 13 nitrogen and oxygen atoms in total. The fraction of sp³-hybridized carbons (Fsp3) is 0.656. The van der Waals surface area contributed by atoms with Gasteiger partial charge in [-0.25, -0.2) is 4.79 Å². The Morgan fingerprint density at radius 1 is 1.07 bits per heavy atom. The zero-order valence-corrected chi connectivity index (χ0v) is 26.5. The molecule has 4 rings (SSSR count). The van der Waals surface area contributed by atoms with Gasteiger partial charge in [0.25, 0.3) is 5.91 Å². The van der Waals surface area contributed by atoms with Gasteiger partial charge in [0.1, 0.15) is 11.6 Å². The lowest BCUT2D eigenvalue weighted by molar-refractivity contribution is -0.137. The van der Waals surface area contributed by atoms with Gasteiger partial charge in [-0.15, -0.1) is 0 Å². The van der Waals surface area contributed by atoms with Crippen LogP contribution in [0, 0.1) is 0 Å². The molecule has 244 valence electrons. The SMILES string of the molecule is CC(C)(C)OC(=O)N(CCCCCCCC(=O)Nc1cccc2c1CN(C1CCC(=O)NC1=O)C2=O)C1CCC(N=[N+]=[N-])CC1. The largest absolute Gasteiger partial charge is 0.444 e. The fourth-order valence-electron chi connectivity index (χ4n) is 6.32. The van der Waals surface area contributed by atoms with Crippen molar-refractivity contribution in [1.29, 1.82) is 0 Å². The van der Waals surface area contributed by atoms with Gasteiger partial charge in [0.05, 0.1) is 0 Å². The third kappa shape index (κ3) is 9.20. The molecule has 3 aliphatic rings. The Morgan fingerprint density at radius 2 is 1.78 bits per heavy atom. The van der Waals surface area contributed by atoms with E-state index in [0.717, 1.165) is 51.4 Å². The van der Waals surface area contributed by atoms with Crippen LogP contribution in [0.2, 0.25) is 0 Å². The van der Waals surface area contributed by atoms with E-state index in [1.54, 1.807) is 18.2 Å². The first-order valence-electron chi connectivity index (χ1n) is 16.1. The summed E-state index contributed by atoms with van der Waals surface area (Å²) < 4.78 is 5.69. The summed E-state index contributed by atoms with van der Waals surface area (Å²) in [6, 6.07) is 4.52. The molecule has 1 atom stereocenters. The maximum atomic E-state index is 13.0. The molecule has 0 aromatic heterocycles. The molecule has 1 saturated carbocycles. The number of hydrogen-bond donors (Lipinski definition) is 2. The Kier molecular flexibility index (Phi) is 11.4. The Balaban J connectivity index is 1.19. The van der Waals surface area contributed by atoms with Crippen LogP contribution in [0.3, 0.4) is 0 Å². The molecular formula is C32H45N7O6. The van der Waals surface area contributed by atoms with Gasteiger partial charge in [-0.05, 0) is 83.4 Å². The molecule has 2 N–H and O–H groups in total. The summed E-state index contributed by atoms with van der Waals surface area (Å²) in [5, 5.41) is 9.09. The van der Waals surface area contributed by atoms with E-state index in [2.05, 4.69) is 20.7 Å². The lowest BCUT2D eigenvalue weighted by Gasteiger charge is -2.37. The van der Waals surface area contributed by atoms with E-state index in [1.165, 1.54) is 4.90 Å². The van der Waals surface area contributed by atoms with Gasteiger partial charge in [0.15, 0.2) is 0 Å². The van der Waals surface area contributed by atoms with E-state index in [-0.39, 0.29) is 55.3 Å². The summed E-state index contributed by atoms with van der Waals surface area (Å²) in [5.74, 6) is -1.22. The lowest BCUT2D eigenvalue weighted by atomic mass is 9.90. The third-order valence-corrected chi connectivity index (χ3v) is 8.61. The number of carbonyl (C=O) groups excluding carboxylic acids is 5. The van der Waals surface area contributed by atoms with Crippen molar-refractivity contribution in [2.75, 3.05) is 11.9 Å². The standard InChI is InChI=1S/C32H45N7O6/c1-32(2,3)45-31(44)38(22-15-13-21(14-16-22)36-37-33)19-8-6-4-5-7-12-27(40)34-25-11-9-10-23-24(25)20-39(30(23)43)26-17-18-28(41)35-29(26)42/h9-11,21-22,26H,4-8,12-20H2,1-3H3,(H,34,40)(H,35,41,42). The predicted octanol–water partition coefficient (Wildman–Crippen LogP) is 5.59. The van der Waals surface area contributed by atoms with Gasteiger partial charge in [-0.1, -0.05) is 30.4 Å². The average molecular weight is 624 g/mol. The van der Waals surface area contributed by atoms with Crippen LogP contribution in [0.25, 0.3) is 10.4 Å². The number of rotatable bonds is 12. The zero-order chi connectivity index (χ0) is 32.6. The number of nitrogens with zero attached hydrogens (tertiary/aromatic N) is 5. The third-order valence-electron chi connectivity index (χ3n) is 8.61. The van der Waals surface area contributed by atoms with Crippen molar-refractivity contribution in [2.24, 2.45) is 5.11 Å². The van der Waals surface area contributed by atoms with Gasteiger partial charge in [0.2, 0.25) is 17.7 Å². The maximum Gasteiger partial charge on any atom is 0.410 e. The molecule has 1 saturated heterocycles. The second-order valence-corrected chi connectivity index (χ2v) is 13.1. The van der Waals surface area contributed by atoms with E-state index in [1.807, 2.05) is 25.7 Å². The monoisotopic (exact) mass is 623 g/mol. The average Bonchev–Trinajstić information content (AvgIpc) is 3.31. The number of amides is 5. The quantitative estimate of drug-likeness (QED) is 0.101. The lowest BCUT2D eigenvalue weighted by Crippen LogP contribution is -2.52. The molecule has 1 aromatic rings. The van der Waals surface area contributed by atoms with Crippen molar-refractivity contribution in [3.05, 3.63) is 39.8 Å². The number of imide groups is 1. The highest BCUT2D eigenvalue weighted by Crippen LogP contribution is 2.32. The van der Waals surface area contributed by atoms with Crippen LogP contribution in [-0.2, 0) is 25.7 Å². The van der Waals surface area contributed by atoms with Crippen molar-refractivity contribution in [3.8, 4) is 0 Å². The number of fused-ring (bicyclic) bond motifs is 1. The summed E-state index contributed by atoms with van der Waals surface area (Å²) in [7, 11) is 0. The molecule has 45 heavy (non-hydrogen) atoms. The maximum absolute atomic E-state index is 13.0. The number of piperidine rings is 1. The number of hydrogen-bond acceptors (Lipinski definition) is 7. The Hall–Kier alpha value is -4.12. The highest BCUT2D eigenvalue weighted by molar-refractivity contribution is 6.06. The summed E-state index contributed by atoms with van der Waals surface area (Å²) in [4.78, 5) is 68.9. The first kappa shape index (κ1) is 33.8. The summed E-state index contributed by atoms with van der Waals surface area (Å²) in [6.07, 6.45) is 7.84. The first-order chi connectivity index (χ1) is 21.5. The Morgan fingerprint density at radius 3 is 2.47 bits per heavy atom. The second-order valence-electron chi connectivity index (χ2n) is 13.1. The highest BCUT2D eigenvalue weighted by atomic mass is 16.6. The van der Waals surface area contributed by atoms with Crippen LogP contribution >= 0.6 is 0 Å². The number of unbranched alkanes of at least 4 members (excludes halogenated alkanes) is 4. The van der Waals surface area contributed by atoms with E-state index >= 15 is 0 Å². The molecule has 2 fully saturated rings. The van der Waals surface area contributed by atoms with Gasteiger partial charge < -0.3 is 19.9 Å². The molecule has 0 bridgehead atoms. The number of nitrogens with one attached hydrogen (secondary N) is 2. The minimum Gasteiger partial charge on any atom is -0.444 e. The van der Waals surface area contributed by atoms with Gasteiger partial charge in [-0.3, -0.25) is 24.5 Å². The molecule has 2 heterocycles. The molecule has 13 heteroatoms. The number of benzene rings is 1. The van der Waals surface area contributed by atoms with Crippen molar-refractivity contribution in [3.63, 3.8) is 0 Å². The van der Waals surface area contributed by atoms with E-state index in [0.29, 0.717) is 36.2 Å². The molecule has 1 unspecified atom stereocenters. The Bertz CT molecular complexity index is 1330. The van der Waals surface area contributed by atoms with E-state index in [9.17, 15) is 24.0 Å². The molecular weight excluding hydrogens is 578 g/mol. The normalized spacial score (nSPS) is 21.4. The number of azide groups is 1. The molecule has 1 aromatic carbocycles. The molecule has 0 radical (unpaired) electrons. The number of anilines is 1. The van der Waals surface area contributed by atoms with Crippen molar-refractivity contribution >= 4 is 35.4 Å². The molecule has 1 aliphatic carbocycles. The summed E-state index contributed by atoms with van der Waals surface area (Å²) in [5.41, 5.74) is 9.86. The summed E-state index contributed by atoms with van der Waals surface area (Å²) >= 11 is 0. The van der Waals surface area contributed by atoms with Crippen LogP contribution in [-0.4, -0.2) is 69.8 Å². The van der Waals surface area contributed by atoms with Crippen LogP contribution < -0.4 is 10.6 Å². The Labute approximate surface area is 264 Å². The predicted molar refractivity (Wildman–Crippen MR) is 167 cm³/mol. The molecule has 5 amide bonds. The fourth-order valence-corrected chi connectivity index (χ4v) is 6.32. The van der Waals surface area contributed by atoms with Gasteiger partial charge in [-0.2, -0.15) is 0 Å². The van der Waals surface area contributed by atoms with Gasteiger partial charge in [0, 0.05) is 59.7 Å². The van der Waals surface area contributed by atoms with Crippen LogP contribution in [0.4, 0.5) is 10.5 Å². The zero-order valence-electron chi connectivity index (χ0n) is 26.5. The van der Waals surface area contributed by atoms with Gasteiger partial charge >= 0.3 is 6.09 Å². The topological polar surface area (TPSA) is 174 Å². The molecule has 0 spiro atoms.